The molecule has 0 bridgehead atoms. The van der Waals surface area contributed by atoms with Crippen molar-refractivity contribution in [1.82, 2.24) is 0 Å². The number of carboxylic acids is 1. The molecule has 1 aromatic carbocycles. The fourth-order valence-electron chi connectivity index (χ4n) is 5.26. The van der Waals surface area contributed by atoms with Crippen molar-refractivity contribution in [2.24, 2.45) is 11.3 Å². The molecule has 1 fully saturated rings. The summed E-state index contributed by atoms with van der Waals surface area (Å²) in [6, 6.07) is 1.92. The number of aliphatic carboxylic acids is 1. The highest BCUT2D eigenvalue weighted by Crippen LogP contribution is 2.54. The maximum absolute atomic E-state index is 13.7. The second-order valence-electron chi connectivity index (χ2n) is 8.84. The first-order valence-electron chi connectivity index (χ1n) is 12.3. The van der Waals surface area contributed by atoms with Crippen LogP contribution in [0.3, 0.4) is 0 Å². The molecule has 4 nitrogen and oxygen atoms in total. The summed E-state index contributed by atoms with van der Waals surface area (Å²) in [6.07, 6.45) is 10.7. The van der Waals surface area contributed by atoms with Gasteiger partial charge in [-0.1, -0.05) is 69.7 Å². The Bertz CT molecular complexity index is 787. The zero-order valence-electron chi connectivity index (χ0n) is 19.8. The lowest BCUT2D eigenvalue weighted by molar-refractivity contribution is -0.137. The summed E-state index contributed by atoms with van der Waals surface area (Å²) in [4.78, 5) is 24.2. The minimum atomic E-state index is -0.775. The average molecular weight is 485 g/mol. The number of carbonyl (C=O) groups is 2. The van der Waals surface area contributed by atoms with Crippen LogP contribution in [0.25, 0.3) is 0 Å². The Kier molecular flexibility index (Phi) is 10.8. The molecule has 0 heterocycles. The predicted octanol–water partition coefficient (Wildman–Crippen LogP) is 8.15. The molecule has 6 heteroatoms. The molecular weight excluding hydrogens is 447 g/mol. The second-order valence-corrected chi connectivity index (χ2v) is 9.59. The number of halogens is 2. The van der Waals surface area contributed by atoms with Crippen LogP contribution in [0.4, 0.5) is 0 Å². The van der Waals surface area contributed by atoms with E-state index in [0.29, 0.717) is 40.3 Å². The molecule has 1 atom stereocenters. The summed E-state index contributed by atoms with van der Waals surface area (Å²) < 4.78 is 5.88. The number of Topliss-reactive ketones (excluding diaryl/α,β-unsaturated/α-hetero) is 1. The molecule has 0 saturated heterocycles. The maximum Gasteiger partial charge on any atom is 0.303 e. The molecule has 1 unspecified atom stereocenters. The highest BCUT2D eigenvalue weighted by Gasteiger charge is 2.51. The first-order valence-corrected chi connectivity index (χ1v) is 13.1. The molecule has 0 aliphatic heterocycles. The number of fused-ring (bicyclic) bond motifs is 1. The highest BCUT2D eigenvalue weighted by atomic mass is 35.5. The third-order valence-corrected chi connectivity index (χ3v) is 7.70. The van der Waals surface area contributed by atoms with E-state index >= 15 is 0 Å². The van der Waals surface area contributed by atoms with Gasteiger partial charge in [0.25, 0.3) is 0 Å². The van der Waals surface area contributed by atoms with Crippen molar-refractivity contribution in [3.8, 4) is 5.75 Å². The highest BCUT2D eigenvalue weighted by molar-refractivity contribution is 6.45. The van der Waals surface area contributed by atoms with Gasteiger partial charge in [-0.05, 0) is 62.5 Å². The van der Waals surface area contributed by atoms with Crippen LogP contribution >= 0.6 is 23.2 Å². The predicted molar refractivity (Wildman–Crippen MR) is 131 cm³/mol. The van der Waals surface area contributed by atoms with Gasteiger partial charge in [0.2, 0.25) is 0 Å². The molecule has 1 saturated carbocycles. The molecule has 0 amide bonds. The Morgan fingerprint density at radius 3 is 2.44 bits per heavy atom. The Morgan fingerprint density at radius 1 is 1.12 bits per heavy atom. The maximum atomic E-state index is 13.7. The van der Waals surface area contributed by atoms with Crippen LogP contribution in [0.2, 0.25) is 10.0 Å². The lowest BCUT2D eigenvalue weighted by atomic mass is 9.68. The molecular formula is C26H38Cl2O4. The van der Waals surface area contributed by atoms with Crippen LogP contribution in [0.15, 0.2) is 6.07 Å². The largest absolute Gasteiger partial charge is 0.492 e. The molecule has 0 spiro atoms. The monoisotopic (exact) mass is 484 g/mol. The number of ether oxygens (including phenoxy) is 1. The van der Waals surface area contributed by atoms with Crippen molar-refractivity contribution in [2.75, 3.05) is 6.61 Å². The number of rotatable bonds is 11. The number of carboxylic acid groups (broad SMARTS) is 1. The van der Waals surface area contributed by atoms with Gasteiger partial charge in [0, 0.05) is 17.4 Å². The van der Waals surface area contributed by atoms with E-state index in [4.69, 9.17) is 33.0 Å². The van der Waals surface area contributed by atoms with Crippen LogP contribution in [-0.2, 0) is 11.2 Å². The van der Waals surface area contributed by atoms with Crippen molar-refractivity contribution < 1.29 is 19.4 Å². The van der Waals surface area contributed by atoms with Gasteiger partial charge in [-0.2, -0.15) is 0 Å². The Hall–Kier alpha value is -1.26. The van der Waals surface area contributed by atoms with E-state index in [1.54, 1.807) is 0 Å². The number of hydrogen-bond donors (Lipinski definition) is 1. The van der Waals surface area contributed by atoms with E-state index in [0.717, 1.165) is 56.9 Å². The summed E-state index contributed by atoms with van der Waals surface area (Å²) in [6.45, 7) is 6.62. The van der Waals surface area contributed by atoms with Gasteiger partial charge in [0.05, 0.1) is 11.6 Å². The number of carbonyl (C=O) groups excluding carboxylic acids is 1. The average Bonchev–Trinajstić information content (AvgIpc) is 3.41. The van der Waals surface area contributed by atoms with E-state index in [1.165, 1.54) is 12.8 Å². The minimum Gasteiger partial charge on any atom is -0.492 e. The van der Waals surface area contributed by atoms with Crippen molar-refractivity contribution in [2.45, 2.75) is 97.8 Å². The number of benzene rings is 1. The van der Waals surface area contributed by atoms with Gasteiger partial charge in [-0.15, -0.1) is 0 Å². The van der Waals surface area contributed by atoms with Gasteiger partial charge in [0.15, 0.2) is 5.78 Å². The Morgan fingerprint density at radius 2 is 1.81 bits per heavy atom. The van der Waals surface area contributed by atoms with E-state index < -0.39 is 5.97 Å². The van der Waals surface area contributed by atoms with E-state index in [-0.39, 0.29) is 17.6 Å². The van der Waals surface area contributed by atoms with Crippen molar-refractivity contribution in [3.63, 3.8) is 0 Å². The lowest BCUT2D eigenvalue weighted by Crippen LogP contribution is -2.35. The molecule has 0 aromatic heterocycles. The Balaban J connectivity index is 0.00000176. The summed E-state index contributed by atoms with van der Waals surface area (Å²) in [5.41, 5.74) is 1.24. The summed E-state index contributed by atoms with van der Waals surface area (Å²) in [5.74, 6) is 0.370. The second kappa shape index (κ2) is 12.8. The standard InChI is InChI=1S/C24H32Cl2O4.C2H6/c1-2-3-12-24(17-9-6-7-10-17)15-16-14-18(21(25)22(26)20(16)23(24)29)30-13-8-4-5-11-19(27)28;1-2/h14,17H,2-13,15H2,1H3,(H,27,28);1-2H3. The fourth-order valence-corrected chi connectivity index (χ4v) is 5.76. The first kappa shape index (κ1) is 27.0. The minimum absolute atomic E-state index is 0.175. The zero-order valence-corrected chi connectivity index (χ0v) is 21.3. The van der Waals surface area contributed by atoms with Gasteiger partial charge in [-0.3, -0.25) is 9.59 Å². The number of unbranched alkanes of at least 4 members (excludes halogenated alkanes) is 3. The zero-order chi connectivity index (χ0) is 23.7. The van der Waals surface area contributed by atoms with Gasteiger partial charge < -0.3 is 9.84 Å². The smallest absolute Gasteiger partial charge is 0.303 e. The van der Waals surface area contributed by atoms with Crippen LogP contribution in [0.5, 0.6) is 5.75 Å². The van der Waals surface area contributed by atoms with Crippen LogP contribution < -0.4 is 4.74 Å². The van der Waals surface area contributed by atoms with Crippen molar-refractivity contribution in [3.05, 3.63) is 27.2 Å². The topological polar surface area (TPSA) is 63.6 Å². The third-order valence-electron chi connectivity index (χ3n) is 6.85. The quantitative estimate of drug-likeness (QED) is 0.321. The molecule has 32 heavy (non-hydrogen) atoms. The first-order chi connectivity index (χ1) is 15.4. The molecule has 2 aliphatic carbocycles. The molecule has 0 radical (unpaired) electrons. The van der Waals surface area contributed by atoms with Gasteiger partial charge in [-0.25, -0.2) is 0 Å². The number of hydrogen-bond acceptors (Lipinski definition) is 3. The van der Waals surface area contributed by atoms with E-state index in [2.05, 4.69) is 6.92 Å². The van der Waals surface area contributed by atoms with E-state index in [9.17, 15) is 9.59 Å². The van der Waals surface area contributed by atoms with E-state index in [1.807, 2.05) is 19.9 Å². The van der Waals surface area contributed by atoms with Crippen molar-refractivity contribution in [1.29, 1.82) is 0 Å². The lowest BCUT2D eigenvalue weighted by Gasteiger charge is -2.34. The van der Waals surface area contributed by atoms with Crippen LogP contribution in [0.1, 0.15) is 107 Å². The SMILES string of the molecule is CC.CCCCC1(C2CCCC2)Cc2cc(OCCCCCC(=O)O)c(Cl)c(Cl)c2C1=O. The molecule has 180 valence electrons. The summed E-state index contributed by atoms with van der Waals surface area (Å²) >= 11 is 13.1. The van der Waals surface area contributed by atoms with Crippen LogP contribution in [0, 0.1) is 11.3 Å². The van der Waals surface area contributed by atoms with Crippen LogP contribution in [-0.4, -0.2) is 23.5 Å². The molecule has 2 aliphatic rings. The normalized spacial score (nSPS) is 20.1. The summed E-state index contributed by atoms with van der Waals surface area (Å²) in [5, 5.41) is 9.35. The fraction of sp³-hybridized carbons (Fsp3) is 0.692. The van der Waals surface area contributed by atoms with Gasteiger partial charge >= 0.3 is 5.97 Å². The van der Waals surface area contributed by atoms with Crippen molar-refractivity contribution >= 4 is 35.0 Å². The molecule has 1 N–H and O–H groups in total. The summed E-state index contributed by atoms with van der Waals surface area (Å²) in [7, 11) is 0. The molecule has 1 aromatic rings. The third kappa shape index (κ3) is 5.99. The van der Waals surface area contributed by atoms with Gasteiger partial charge in [0.1, 0.15) is 10.8 Å². The Labute approximate surface area is 203 Å². The number of ketones is 1. The molecule has 3 rings (SSSR count).